The largest absolute Gasteiger partial charge is 0.371 e. The molecule has 0 saturated carbocycles. The molecular formula is C15H20N2O2. The second kappa shape index (κ2) is 6.61. The number of aryl methyl sites for hydroxylation is 1. The second-order valence-corrected chi connectivity index (χ2v) is 4.88. The molecule has 1 aromatic heterocycles. The van der Waals surface area contributed by atoms with Crippen molar-refractivity contribution in [2.75, 3.05) is 6.54 Å². The fraction of sp³-hybridized carbons (Fsp3) is 0.400. The Hall–Kier alpha value is -1.49. The van der Waals surface area contributed by atoms with E-state index in [1.165, 1.54) is 0 Å². The Bertz CT molecular complexity index is 471. The van der Waals surface area contributed by atoms with E-state index in [1.54, 1.807) is 12.3 Å². The van der Waals surface area contributed by atoms with Gasteiger partial charge in [0.2, 0.25) is 0 Å². The number of hydrogen-bond acceptors (Lipinski definition) is 4. The van der Waals surface area contributed by atoms with E-state index >= 15 is 0 Å². The van der Waals surface area contributed by atoms with Gasteiger partial charge in [0, 0.05) is 12.7 Å². The Morgan fingerprint density at radius 1 is 1.42 bits per heavy atom. The zero-order valence-electron chi connectivity index (χ0n) is 11.1. The third-order valence-electron chi connectivity index (χ3n) is 3.19. The van der Waals surface area contributed by atoms with Gasteiger partial charge in [-0.15, -0.1) is 0 Å². The molecule has 2 atom stereocenters. The smallest absolute Gasteiger partial charge is 0.172 e. The van der Waals surface area contributed by atoms with Crippen molar-refractivity contribution in [1.29, 1.82) is 0 Å². The zero-order chi connectivity index (χ0) is 13.7. The van der Waals surface area contributed by atoms with Gasteiger partial charge < -0.3 is 10.3 Å². The Kier molecular flexibility index (Phi) is 4.85. The van der Waals surface area contributed by atoms with Crippen molar-refractivity contribution in [3.63, 3.8) is 0 Å². The molecule has 4 nitrogen and oxygen atoms in total. The summed E-state index contributed by atoms with van der Waals surface area (Å²) in [6, 6.07) is 3.63. The predicted molar refractivity (Wildman–Crippen MR) is 73.4 cm³/mol. The van der Waals surface area contributed by atoms with E-state index in [0.29, 0.717) is 12.2 Å². The second-order valence-electron chi connectivity index (χ2n) is 4.88. The first-order valence-electron chi connectivity index (χ1n) is 6.54. The van der Waals surface area contributed by atoms with Crippen molar-refractivity contribution in [3.05, 3.63) is 53.9 Å². The molecule has 0 aliphatic heterocycles. The third-order valence-corrected chi connectivity index (χ3v) is 3.19. The lowest BCUT2D eigenvalue weighted by molar-refractivity contribution is -0.205. The molecule has 102 valence electrons. The molecule has 0 bridgehead atoms. The van der Waals surface area contributed by atoms with E-state index in [4.69, 9.17) is 0 Å². The summed E-state index contributed by atoms with van der Waals surface area (Å²) in [5, 5.41) is 21.0. The highest BCUT2D eigenvalue weighted by Crippen LogP contribution is 2.19. The summed E-state index contributed by atoms with van der Waals surface area (Å²) in [4.78, 5) is 4.09. The van der Waals surface area contributed by atoms with Gasteiger partial charge in [-0.1, -0.05) is 24.3 Å². The minimum atomic E-state index is -1.08. The zero-order valence-corrected chi connectivity index (χ0v) is 11.1. The first-order valence-corrected chi connectivity index (χ1v) is 6.54. The van der Waals surface area contributed by atoms with Crippen LogP contribution in [0.1, 0.15) is 30.3 Å². The summed E-state index contributed by atoms with van der Waals surface area (Å²) >= 11 is 0. The molecule has 19 heavy (non-hydrogen) atoms. The number of aliphatic hydroxyl groups is 1. The van der Waals surface area contributed by atoms with Crippen LogP contribution in [-0.2, 0) is 0 Å². The predicted octanol–water partition coefficient (Wildman–Crippen LogP) is 2.59. The van der Waals surface area contributed by atoms with Crippen LogP contribution in [0.5, 0.6) is 0 Å². The van der Waals surface area contributed by atoms with Crippen molar-refractivity contribution in [1.82, 2.24) is 10.0 Å². The Morgan fingerprint density at radius 2 is 2.26 bits per heavy atom. The van der Waals surface area contributed by atoms with E-state index in [0.717, 1.165) is 23.5 Å². The van der Waals surface area contributed by atoms with Gasteiger partial charge in [0.25, 0.3) is 0 Å². The molecule has 2 N–H and O–H groups in total. The van der Waals surface area contributed by atoms with E-state index in [2.05, 4.69) is 29.3 Å². The Balaban J connectivity index is 1.99. The van der Waals surface area contributed by atoms with E-state index in [1.807, 2.05) is 13.0 Å². The molecule has 1 aromatic rings. The number of hydroxylamine groups is 2. The summed E-state index contributed by atoms with van der Waals surface area (Å²) in [5.41, 5.74) is 1.48. The molecule has 2 unspecified atom stereocenters. The number of aromatic nitrogens is 1. The van der Waals surface area contributed by atoms with Gasteiger partial charge in [-0.25, -0.2) is 0 Å². The van der Waals surface area contributed by atoms with E-state index < -0.39 is 6.23 Å². The molecule has 0 radical (unpaired) electrons. The number of aliphatic hydroxyl groups excluding tert-OH is 1. The summed E-state index contributed by atoms with van der Waals surface area (Å²) < 4.78 is 0. The maximum atomic E-state index is 10.1. The maximum Gasteiger partial charge on any atom is 0.172 e. The fourth-order valence-corrected chi connectivity index (χ4v) is 2.12. The number of pyridine rings is 1. The summed E-state index contributed by atoms with van der Waals surface area (Å²) in [7, 11) is 0. The van der Waals surface area contributed by atoms with Crippen LogP contribution in [0, 0.1) is 12.8 Å². The quantitative estimate of drug-likeness (QED) is 0.496. The summed E-state index contributed by atoms with van der Waals surface area (Å²) in [6.45, 7) is 2.32. The maximum absolute atomic E-state index is 10.1. The molecule has 2 rings (SSSR count). The normalized spacial score (nSPS) is 20.5. The lowest BCUT2D eigenvalue weighted by atomic mass is 10.1. The van der Waals surface area contributed by atoms with Gasteiger partial charge in [-0.2, -0.15) is 5.06 Å². The highest BCUT2D eigenvalue weighted by molar-refractivity contribution is 5.15. The molecule has 0 amide bonds. The van der Waals surface area contributed by atoms with Crippen LogP contribution in [0.25, 0.3) is 0 Å². The van der Waals surface area contributed by atoms with Crippen LogP contribution < -0.4 is 0 Å². The van der Waals surface area contributed by atoms with Crippen molar-refractivity contribution >= 4 is 0 Å². The van der Waals surface area contributed by atoms with Gasteiger partial charge in [-0.05, 0) is 43.4 Å². The fourth-order valence-electron chi connectivity index (χ4n) is 2.12. The Morgan fingerprint density at radius 3 is 3.05 bits per heavy atom. The van der Waals surface area contributed by atoms with Crippen LogP contribution in [0.4, 0.5) is 0 Å². The van der Waals surface area contributed by atoms with Crippen LogP contribution in [-0.4, -0.2) is 26.9 Å². The number of rotatable bonds is 4. The van der Waals surface area contributed by atoms with Gasteiger partial charge in [-0.3, -0.25) is 4.98 Å². The first-order chi connectivity index (χ1) is 9.16. The molecule has 1 aliphatic carbocycles. The van der Waals surface area contributed by atoms with E-state index in [9.17, 15) is 10.3 Å². The van der Waals surface area contributed by atoms with Crippen LogP contribution in [0.3, 0.4) is 0 Å². The van der Waals surface area contributed by atoms with Crippen molar-refractivity contribution in [3.8, 4) is 0 Å². The number of hydrogen-bond donors (Lipinski definition) is 2. The van der Waals surface area contributed by atoms with Crippen molar-refractivity contribution < 1.29 is 10.3 Å². The summed E-state index contributed by atoms with van der Waals surface area (Å²) in [6.07, 6.45) is 10.7. The molecule has 0 aromatic carbocycles. The van der Waals surface area contributed by atoms with Crippen LogP contribution >= 0.6 is 0 Å². The van der Waals surface area contributed by atoms with Crippen LogP contribution in [0.15, 0.2) is 42.6 Å². The standard InChI is InChI=1S/C15H20N2O2/c1-12-8-9-16-14(10-12)15(18)17(19)11-13-6-4-2-3-5-7-13/h2,4-5,7-10,13,15,18-19H,3,6,11H2,1H3. The van der Waals surface area contributed by atoms with Crippen molar-refractivity contribution in [2.45, 2.75) is 26.0 Å². The Labute approximate surface area is 113 Å². The van der Waals surface area contributed by atoms with Gasteiger partial charge in [0.1, 0.15) is 0 Å². The van der Waals surface area contributed by atoms with Crippen LogP contribution in [0.2, 0.25) is 0 Å². The molecule has 1 heterocycles. The summed E-state index contributed by atoms with van der Waals surface area (Å²) in [5.74, 6) is 0.211. The molecule has 0 fully saturated rings. The topological polar surface area (TPSA) is 56.6 Å². The minimum Gasteiger partial charge on any atom is -0.371 e. The first kappa shape index (κ1) is 13.9. The molecular weight excluding hydrogens is 240 g/mol. The van der Waals surface area contributed by atoms with Gasteiger partial charge in [0.05, 0.1) is 5.69 Å². The molecule has 0 saturated heterocycles. The molecule has 4 heteroatoms. The monoisotopic (exact) mass is 260 g/mol. The van der Waals surface area contributed by atoms with E-state index in [-0.39, 0.29) is 5.92 Å². The minimum absolute atomic E-state index is 0.211. The highest BCUT2D eigenvalue weighted by Gasteiger charge is 2.19. The SMILES string of the molecule is Cc1ccnc(C(O)N(O)CC2C=CCC=CC2)c1. The highest BCUT2D eigenvalue weighted by atomic mass is 16.5. The molecule has 0 spiro atoms. The lowest BCUT2D eigenvalue weighted by Crippen LogP contribution is -2.30. The number of nitrogens with zero attached hydrogens (tertiary/aromatic N) is 2. The number of allylic oxidation sites excluding steroid dienone is 3. The molecule has 1 aliphatic rings. The van der Waals surface area contributed by atoms with Crippen molar-refractivity contribution in [2.24, 2.45) is 5.92 Å². The van der Waals surface area contributed by atoms with Gasteiger partial charge >= 0.3 is 0 Å². The third kappa shape index (κ3) is 3.99. The lowest BCUT2D eigenvalue weighted by Gasteiger charge is -2.24. The average molecular weight is 260 g/mol. The average Bonchev–Trinajstić information content (AvgIpc) is 2.66. The van der Waals surface area contributed by atoms with Gasteiger partial charge in [0.15, 0.2) is 6.23 Å².